The van der Waals surface area contributed by atoms with Crippen molar-refractivity contribution in [2.45, 2.75) is 12.8 Å². The number of benzene rings is 3. The summed E-state index contributed by atoms with van der Waals surface area (Å²) in [6.45, 7) is 1.37. The fourth-order valence-electron chi connectivity index (χ4n) is 4.53. The van der Waals surface area contributed by atoms with Crippen molar-refractivity contribution in [3.05, 3.63) is 102 Å². The van der Waals surface area contributed by atoms with Gasteiger partial charge in [0.2, 0.25) is 11.4 Å². The van der Waals surface area contributed by atoms with Gasteiger partial charge in [-0.15, -0.1) is 0 Å². The van der Waals surface area contributed by atoms with Gasteiger partial charge >= 0.3 is 0 Å². The lowest BCUT2D eigenvalue weighted by molar-refractivity contribution is -0.662. The molecule has 0 radical (unpaired) electrons. The molecule has 5 nitrogen and oxygen atoms in total. The molecule has 0 saturated carbocycles. The molecule has 0 bridgehead atoms. The van der Waals surface area contributed by atoms with E-state index in [2.05, 4.69) is 99.3 Å². The number of pyridine rings is 1. The molecular weight excluding hydrogens is 497 g/mol. The number of hydrogen-bond acceptors (Lipinski definition) is 4. The zero-order chi connectivity index (χ0) is 28.5. The normalized spacial score (nSPS) is 10.8. The van der Waals surface area contributed by atoms with Crippen LogP contribution in [0, 0.1) is 28.5 Å². The third-order valence-electron chi connectivity index (χ3n) is 7.02. The van der Waals surface area contributed by atoms with Crippen molar-refractivity contribution in [1.82, 2.24) is 0 Å². The summed E-state index contributed by atoms with van der Waals surface area (Å²) < 4.78 is 15.8. The summed E-state index contributed by atoms with van der Waals surface area (Å²) in [5.41, 5.74) is 8.22. The van der Waals surface area contributed by atoms with Gasteiger partial charge in [-0.1, -0.05) is 24.3 Å². The Morgan fingerprint density at radius 1 is 0.700 bits per heavy atom. The van der Waals surface area contributed by atoms with E-state index in [1.54, 1.807) is 12.1 Å². The zero-order valence-corrected chi connectivity index (χ0v) is 23.2. The summed E-state index contributed by atoms with van der Waals surface area (Å²) >= 11 is 0. The van der Waals surface area contributed by atoms with Gasteiger partial charge in [-0.05, 0) is 71.3 Å². The average molecular weight is 531 g/mol. The Morgan fingerprint density at radius 3 is 1.77 bits per heavy atom. The van der Waals surface area contributed by atoms with Crippen molar-refractivity contribution in [3.8, 4) is 34.5 Å². The number of anilines is 2. The maximum Gasteiger partial charge on any atom is 0.213 e. The largest absolute Gasteiger partial charge is 0.374 e. The highest BCUT2D eigenvalue weighted by Gasteiger charge is 2.17. The number of aromatic nitrogens is 1. The van der Waals surface area contributed by atoms with Crippen molar-refractivity contribution >= 4 is 23.5 Å². The molecule has 40 heavy (non-hydrogen) atoms. The van der Waals surface area contributed by atoms with Crippen LogP contribution in [-0.4, -0.2) is 27.2 Å². The first-order valence-corrected chi connectivity index (χ1v) is 13.2. The first-order chi connectivity index (χ1) is 19.4. The number of rotatable bonds is 10. The molecule has 0 amide bonds. The second kappa shape index (κ2) is 13.2. The van der Waals surface area contributed by atoms with E-state index in [0.29, 0.717) is 25.9 Å². The smallest absolute Gasteiger partial charge is 0.213 e. The molecular formula is C34H33FN5+. The van der Waals surface area contributed by atoms with E-state index >= 15 is 0 Å². The lowest BCUT2D eigenvalue weighted by Crippen LogP contribution is -2.34. The average Bonchev–Trinajstić information content (AvgIpc) is 2.99. The van der Waals surface area contributed by atoms with E-state index in [0.717, 1.165) is 45.0 Å². The highest BCUT2D eigenvalue weighted by molar-refractivity contribution is 5.75. The number of nitrogens with zero attached hydrogens (tertiary/aromatic N) is 5. The number of nitriles is 2. The number of halogens is 1. The summed E-state index contributed by atoms with van der Waals surface area (Å²) in [4.78, 5) is 4.14. The van der Waals surface area contributed by atoms with Gasteiger partial charge in [0.15, 0.2) is 0 Å². The summed E-state index contributed by atoms with van der Waals surface area (Å²) in [5, 5.41) is 17.8. The molecule has 0 aliphatic carbocycles. The first kappa shape index (κ1) is 28.1. The highest BCUT2D eigenvalue weighted by atomic mass is 19.1. The fourth-order valence-corrected chi connectivity index (χ4v) is 4.53. The Kier molecular flexibility index (Phi) is 9.28. The van der Waals surface area contributed by atoms with Crippen LogP contribution in [0.2, 0.25) is 0 Å². The van der Waals surface area contributed by atoms with Crippen LogP contribution in [-0.2, 0) is 7.05 Å². The van der Waals surface area contributed by atoms with E-state index in [9.17, 15) is 4.39 Å². The van der Waals surface area contributed by atoms with Crippen LogP contribution in [0.5, 0.6) is 0 Å². The topological polar surface area (TPSA) is 57.9 Å². The van der Waals surface area contributed by atoms with Gasteiger partial charge in [0.1, 0.15) is 12.9 Å². The zero-order valence-electron chi connectivity index (χ0n) is 23.2. The third kappa shape index (κ3) is 6.92. The fraction of sp³-hybridized carbons (Fsp3) is 0.206. The van der Waals surface area contributed by atoms with E-state index in [4.69, 9.17) is 10.5 Å². The minimum absolute atomic E-state index is 0.263. The summed E-state index contributed by atoms with van der Waals surface area (Å²) in [6, 6.07) is 31.8. The maximum absolute atomic E-state index is 13.7. The van der Waals surface area contributed by atoms with Gasteiger partial charge < -0.3 is 9.80 Å². The molecule has 4 aromatic rings. The molecule has 0 N–H and O–H groups in total. The van der Waals surface area contributed by atoms with E-state index in [1.807, 2.05) is 21.1 Å². The second-order valence-corrected chi connectivity index (χ2v) is 9.75. The second-order valence-electron chi connectivity index (χ2n) is 9.75. The molecule has 1 aromatic heterocycles. The quantitative estimate of drug-likeness (QED) is 0.210. The molecule has 0 unspecified atom stereocenters. The molecule has 200 valence electrons. The van der Waals surface area contributed by atoms with Crippen molar-refractivity contribution < 1.29 is 8.96 Å². The molecule has 0 aliphatic rings. The minimum Gasteiger partial charge on any atom is -0.374 e. The summed E-state index contributed by atoms with van der Waals surface area (Å²) in [5.74, 6) is -0.263. The predicted molar refractivity (Wildman–Crippen MR) is 161 cm³/mol. The van der Waals surface area contributed by atoms with Crippen LogP contribution in [0.1, 0.15) is 24.1 Å². The Balaban J connectivity index is 1.68. The molecule has 0 fully saturated rings. The van der Waals surface area contributed by atoms with Crippen molar-refractivity contribution in [3.63, 3.8) is 0 Å². The highest BCUT2D eigenvalue weighted by Crippen LogP contribution is 2.28. The van der Waals surface area contributed by atoms with E-state index in [1.165, 1.54) is 12.1 Å². The van der Waals surface area contributed by atoms with Gasteiger partial charge in [-0.25, -0.2) is 4.39 Å². The Bertz CT molecular complexity index is 1540. The first-order valence-electron chi connectivity index (χ1n) is 13.2. The van der Waals surface area contributed by atoms with Crippen molar-refractivity contribution in [1.29, 1.82) is 10.5 Å². The molecule has 0 spiro atoms. The third-order valence-corrected chi connectivity index (χ3v) is 7.02. The van der Waals surface area contributed by atoms with Crippen LogP contribution in [0.3, 0.4) is 0 Å². The monoisotopic (exact) mass is 530 g/mol. The maximum atomic E-state index is 13.7. The summed E-state index contributed by atoms with van der Waals surface area (Å²) in [6.07, 6.45) is 5.14. The molecule has 0 saturated heterocycles. The Morgan fingerprint density at radius 2 is 1.23 bits per heavy atom. The van der Waals surface area contributed by atoms with Crippen LogP contribution < -0.4 is 14.4 Å². The van der Waals surface area contributed by atoms with E-state index < -0.39 is 0 Å². The number of hydrogen-bond donors (Lipinski definition) is 0. The van der Waals surface area contributed by atoms with Crippen LogP contribution >= 0.6 is 0 Å². The van der Waals surface area contributed by atoms with Gasteiger partial charge in [-0.3, -0.25) is 0 Å². The molecule has 1 heterocycles. The van der Waals surface area contributed by atoms with Crippen LogP contribution in [0.25, 0.3) is 34.5 Å². The predicted octanol–water partition coefficient (Wildman–Crippen LogP) is 6.85. The minimum atomic E-state index is -0.263. The standard InChI is InChI=1S/C34H33FN5/c1-38(22-4-20-36)31-15-6-26(7-16-31)8-17-33-24-29(25-34(40(33)3)28-9-13-30(35)14-10-28)27-11-18-32(19-12-27)39(2)23-5-21-37/h6-19,24-25H,4-5,22-23H2,1-3H3/q+1. The van der Waals surface area contributed by atoms with Crippen molar-refractivity contribution in [2.24, 2.45) is 7.05 Å². The van der Waals surface area contributed by atoms with Crippen LogP contribution in [0.15, 0.2) is 84.9 Å². The SMILES string of the molecule is CN(CCC#N)c1ccc(/C=C/c2cc(-c3ccc(N(C)CCC#N)cc3)cc(-c3ccc(F)cc3)[n+]2C)cc1. The van der Waals surface area contributed by atoms with Gasteiger partial charge in [0, 0.05) is 62.3 Å². The lowest BCUT2D eigenvalue weighted by Gasteiger charge is -2.18. The Labute approximate surface area is 236 Å². The lowest BCUT2D eigenvalue weighted by atomic mass is 10.0. The molecule has 4 rings (SSSR count). The molecule has 0 aliphatic heterocycles. The molecule has 3 aromatic carbocycles. The van der Waals surface area contributed by atoms with E-state index in [-0.39, 0.29) is 5.82 Å². The molecule has 0 atom stereocenters. The van der Waals surface area contributed by atoms with Gasteiger partial charge in [-0.2, -0.15) is 15.1 Å². The van der Waals surface area contributed by atoms with Gasteiger partial charge in [0.05, 0.1) is 25.0 Å². The van der Waals surface area contributed by atoms with Crippen molar-refractivity contribution in [2.75, 3.05) is 37.0 Å². The molecule has 6 heteroatoms. The Hall–Kier alpha value is -4.94. The van der Waals surface area contributed by atoms with Crippen LogP contribution in [0.4, 0.5) is 15.8 Å². The van der Waals surface area contributed by atoms with Gasteiger partial charge in [0.25, 0.3) is 0 Å². The summed E-state index contributed by atoms with van der Waals surface area (Å²) in [7, 11) is 5.99.